The van der Waals surface area contributed by atoms with E-state index in [1.54, 1.807) is 6.07 Å². The summed E-state index contributed by atoms with van der Waals surface area (Å²) >= 11 is 6.08. The van der Waals surface area contributed by atoms with Gasteiger partial charge in [-0.25, -0.2) is 18.1 Å². The molecule has 2 N–H and O–H groups in total. The zero-order chi connectivity index (χ0) is 15.3. The Morgan fingerprint density at radius 2 is 1.95 bits per heavy atom. The summed E-state index contributed by atoms with van der Waals surface area (Å²) in [6, 6.07) is 10.8. The molecule has 112 valence electrons. The fourth-order valence-corrected chi connectivity index (χ4v) is 2.69. The average Bonchev–Trinajstić information content (AvgIpc) is 2.50. The van der Waals surface area contributed by atoms with Gasteiger partial charge < -0.3 is 5.32 Å². The van der Waals surface area contributed by atoms with E-state index in [2.05, 4.69) is 15.0 Å². The van der Waals surface area contributed by atoms with Crippen molar-refractivity contribution in [2.24, 2.45) is 0 Å². The Morgan fingerprint density at radius 3 is 2.57 bits per heavy atom. The number of pyridine rings is 1. The first kappa shape index (κ1) is 15.8. The van der Waals surface area contributed by atoms with Gasteiger partial charge in [-0.1, -0.05) is 29.8 Å². The van der Waals surface area contributed by atoms with Gasteiger partial charge in [0.1, 0.15) is 10.7 Å². The Bertz CT molecular complexity index is 702. The summed E-state index contributed by atoms with van der Waals surface area (Å²) in [5.41, 5.74) is 1.06. The third kappa shape index (κ3) is 4.17. The molecule has 5 nitrogen and oxygen atoms in total. The SMILES string of the molecule is CNS(=O)(=O)c1ccc(NCCc2ccccc2Cl)nc1. The Balaban J connectivity index is 1.94. The van der Waals surface area contributed by atoms with Gasteiger partial charge >= 0.3 is 0 Å². The van der Waals surface area contributed by atoms with Gasteiger partial charge in [-0.15, -0.1) is 0 Å². The molecule has 1 aromatic carbocycles. The quantitative estimate of drug-likeness (QED) is 0.855. The van der Waals surface area contributed by atoms with Crippen molar-refractivity contribution < 1.29 is 8.42 Å². The minimum absolute atomic E-state index is 0.140. The lowest BCUT2D eigenvalue weighted by molar-refractivity contribution is 0.588. The van der Waals surface area contributed by atoms with E-state index in [1.807, 2.05) is 24.3 Å². The highest BCUT2D eigenvalue weighted by Gasteiger charge is 2.11. The molecular weight excluding hydrogens is 310 g/mol. The molecule has 1 aromatic heterocycles. The molecule has 0 unspecified atom stereocenters. The van der Waals surface area contributed by atoms with Crippen molar-refractivity contribution >= 4 is 27.4 Å². The lowest BCUT2D eigenvalue weighted by Gasteiger charge is -2.08. The van der Waals surface area contributed by atoms with Crippen LogP contribution in [-0.4, -0.2) is 27.0 Å². The van der Waals surface area contributed by atoms with Crippen LogP contribution in [0.1, 0.15) is 5.56 Å². The van der Waals surface area contributed by atoms with Gasteiger partial charge in [0, 0.05) is 17.8 Å². The van der Waals surface area contributed by atoms with E-state index < -0.39 is 10.0 Å². The van der Waals surface area contributed by atoms with Crippen LogP contribution in [-0.2, 0) is 16.4 Å². The first-order chi connectivity index (χ1) is 10.0. The van der Waals surface area contributed by atoms with Crippen LogP contribution in [0.25, 0.3) is 0 Å². The maximum Gasteiger partial charge on any atom is 0.241 e. The van der Waals surface area contributed by atoms with Gasteiger partial charge in [-0.05, 0) is 37.2 Å². The Labute approximate surface area is 129 Å². The second-order valence-electron chi connectivity index (χ2n) is 4.35. The number of benzene rings is 1. The van der Waals surface area contributed by atoms with Gasteiger partial charge in [0.25, 0.3) is 0 Å². The minimum atomic E-state index is -3.44. The van der Waals surface area contributed by atoms with Crippen LogP contribution in [0.15, 0.2) is 47.5 Å². The van der Waals surface area contributed by atoms with Crippen LogP contribution < -0.4 is 10.0 Å². The normalized spacial score (nSPS) is 11.3. The molecule has 0 saturated heterocycles. The molecule has 2 rings (SSSR count). The van der Waals surface area contributed by atoms with Crippen LogP contribution in [0.2, 0.25) is 5.02 Å². The molecule has 21 heavy (non-hydrogen) atoms. The number of hydrogen-bond acceptors (Lipinski definition) is 4. The number of hydrogen-bond donors (Lipinski definition) is 2. The molecule has 1 heterocycles. The van der Waals surface area contributed by atoms with Gasteiger partial charge in [0.15, 0.2) is 0 Å². The zero-order valence-corrected chi connectivity index (χ0v) is 13.1. The largest absolute Gasteiger partial charge is 0.370 e. The predicted octanol–water partition coefficient (Wildman–Crippen LogP) is 2.30. The molecule has 0 fully saturated rings. The van der Waals surface area contributed by atoms with Crippen molar-refractivity contribution in [3.63, 3.8) is 0 Å². The average molecular weight is 326 g/mol. The summed E-state index contributed by atoms with van der Waals surface area (Å²) in [6.45, 7) is 0.662. The number of nitrogens with one attached hydrogen (secondary N) is 2. The molecule has 0 saturated carbocycles. The van der Waals surface area contributed by atoms with E-state index >= 15 is 0 Å². The van der Waals surface area contributed by atoms with Crippen LogP contribution in [0, 0.1) is 0 Å². The summed E-state index contributed by atoms with van der Waals surface area (Å²) in [5, 5.41) is 3.87. The summed E-state index contributed by atoms with van der Waals surface area (Å²) < 4.78 is 25.4. The second kappa shape index (κ2) is 6.89. The maximum absolute atomic E-state index is 11.6. The van der Waals surface area contributed by atoms with Gasteiger partial charge in [0.05, 0.1) is 0 Å². The molecule has 0 bridgehead atoms. The van der Waals surface area contributed by atoms with E-state index in [9.17, 15) is 8.42 Å². The molecule has 0 atom stereocenters. The zero-order valence-electron chi connectivity index (χ0n) is 11.5. The molecule has 2 aromatic rings. The topological polar surface area (TPSA) is 71.1 Å². The Kier molecular flexibility index (Phi) is 5.17. The highest BCUT2D eigenvalue weighted by molar-refractivity contribution is 7.89. The molecule has 7 heteroatoms. The van der Waals surface area contributed by atoms with E-state index in [-0.39, 0.29) is 4.90 Å². The van der Waals surface area contributed by atoms with Crippen molar-refractivity contribution in [3.8, 4) is 0 Å². The van der Waals surface area contributed by atoms with E-state index in [4.69, 9.17) is 11.6 Å². The van der Waals surface area contributed by atoms with Gasteiger partial charge in [-0.2, -0.15) is 0 Å². The third-order valence-corrected chi connectivity index (χ3v) is 4.74. The summed E-state index contributed by atoms with van der Waals surface area (Å²) in [4.78, 5) is 4.22. The Hall–Kier alpha value is -1.63. The highest BCUT2D eigenvalue weighted by Crippen LogP contribution is 2.16. The smallest absolute Gasteiger partial charge is 0.241 e. The summed E-state index contributed by atoms with van der Waals surface area (Å²) in [5.74, 6) is 0.622. The second-order valence-corrected chi connectivity index (χ2v) is 6.65. The lowest BCUT2D eigenvalue weighted by Crippen LogP contribution is -2.18. The van der Waals surface area contributed by atoms with Crippen molar-refractivity contribution in [2.45, 2.75) is 11.3 Å². The number of halogens is 1. The Morgan fingerprint density at radius 1 is 1.19 bits per heavy atom. The summed E-state index contributed by atoms with van der Waals surface area (Å²) in [6.07, 6.45) is 2.08. The number of anilines is 1. The third-order valence-electron chi connectivity index (χ3n) is 2.97. The lowest BCUT2D eigenvalue weighted by atomic mass is 10.1. The van der Waals surface area contributed by atoms with Gasteiger partial charge in [-0.3, -0.25) is 0 Å². The van der Waals surface area contributed by atoms with E-state index in [1.165, 1.54) is 19.3 Å². The maximum atomic E-state index is 11.6. The number of nitrogens with zero attached hydrogens (tertiary/aromatic N) is 1. The number of aromatic nitrogens is 1. The van der Waals surface area contributed by atoms with Gasteiger partial charge in [0.2, 0.25) is 10.0 Å². The molecule has 0 aliphatic rings. The van der Waals surface area contributed by atoms with Crippen LogP contribution in [0.3, 0.4) is 0 Å². The molecule has 0 aliphatic carbocycles. The van der Waals surface area contributed by atoms with E-state index in [0.29, 0.717) is 12.4 Å². The fraction of sp³-hybridized carbons (Fsp3) is 0.214. The molecular formula is C14H16ClN3O2S. The summed E-state index contributed by atoms with van der Waals surface area (Å²) in [7, 11) is -2.08. The van der Waals surface area contributed by atoms with E-state index in [0.717, 1.165) is 17.0 Å². The molecule has 0 aliphatic heterocycles. The van der Waals surface area contributed by atoms with Crippen LogP contribution in [0.4, 0.5) is 5.82 Å². The van der Waals surface area contributed by atoms with Crippen molar-refractivity contribution in [1.82, 2.24) is 9.71 Å². The molecule has 0 amide bonds. The van der Waals surface area contributed by atoms with Crippen LogP contribution in [0.5, 0.6) is 0 Å². The standard InChI is InChI=1S/C14H16ClN3O2S/c1-16-21(19,20)12-6-7-14(18-10-12)17-9-8-11-4-2-3-5-13(11)15/h2-7,10,16H,8-9H2,1H3,(H,17,18). The fourth-order valence-electron chi connectivity index (χ4n) is 1.79. The monoisotopic (exact) mass is 325 g/mol. The first-order valence-corrected chi connectivity index (χ1v) is 8.26. The number of sulfonamides is 1. The minimum Gasteiger partial charge on any atom is -0.370 e. The predicted molar refractivity (Wildman–Crippen MR) is 84.1 cm³/mol. The highest BCUT2D eigenvalue weighted by atomic mass is 35.5. The van der Waals surface area contributed by atoms with Crippen LogP contribution >= 0.6 is 11.6 Å². The van der Waals surface area contributed by atoms with Crippen molar-refractivity contribution in [2.75, 3.05) is 18.9 Å². The van der Waals surface area contributed by atoms with Crippen molar-refractivity contribution in [1.29, 1.82) is 0 Å². The molecule has 0 radical (unpaired) electrons. The molecule has 0 spiro atoms. The number of rotatable bonds is 6. The van der Waals surface area contributed by atoms with Crippen molar-refractivity contribution in [3.05, 3.63) is 53.2 Å². The first-order valence-electron chi connectivity index (χ1n) is 6.40.